The molecule has 1 amide bonds. The number of phenols is 2. The van der Waals surface area contributed by atoms with Crippen LogP contribution in [0.1, 0.15) is 23.0 Å². The molecule has 138 valence electrons. The van der Waals surface area contributed by atoms with Gasteiger partial charge in [-0.05, 0) is 31.2 Å². The maximum Gasteiger partial charge on any atom is 0.311 e. The number of aromatic hydroxyl groups is 2. The zero-order chi connectivity index (χ0) is 19.7. The van der Waals surface area contributed by atoms with Gasteiger partial charge in [0.05, 0.1) is 10.6 Å². The maximum atomic E-state index is 12.2. The highest BCUT2D eigenvalue weighted by Gasteiger charge is 2.19. The SMILES string of the molecule is CC(=NNC(=O)c1cc2cc(Br)ccc2o1)c1cc([N+](=O)[O-])c(O)cc1O. The summed E-state index contributed by atoms with van der Waals surface area (Å²) >= 11 is 3.33. The van der Waals surface area contributed by atoms with Crippen LogP contribution in [0, 0.1) is 10.1 Å². The second kappa shape index (κ2) is 7.08. The molecule has 0 radical (unpaired) electrons. The van der Waals surface area contributed by atoms with Crippen LogP contribution < -0.4 is 5.43 Å². The van der Waals surface area contributed by atoms with Gasteiger partial charge in [0.25, 0.3) is 0 Å². The van der Waals surface area contributed by atoms with Crippen molar-refractivity contribution in [2.45, 2.75) is 6.92 Å². The summed E-state index contributed by atoms with van der Waals surface area (Å²) in [6, 6.07) is 8.62. The van der Waals surface area contributed by atoms with Gasteiger partial charge in [-0.3, -0.25) is 14.9 Å². The van der Waals surface area contributed by atoms with Gasteiger partial charge in [-0.1, -0.05) is 15.9 Å². The number of halogens is 1. The standard InChI is InChI=1S/C17H12BrN3O6/c1-8(11-6-12(21(25)26)14(23)7-13(11)22)19-20-17(24)16-5-9-4-10(18)2-3-15(9)27-16/h2-7,22-23H,1H3,(H,20,24). The van der Waals surface area contributed by atoms with E-state index >= 15 is 0 Å². The van der Waals surface area contributed by atoms with Crippen molar-refractivity contribution in [1.82, 2.24) is 5.43 Å². The highest BCUT2D eigenvalue weighted by atomic mass is 79.9. The Balaban J connectivity index is 1.85. The van der Waals surface area contributed by atoms with Crippen molar-refractivity contribution < 1.29 is 24.3 Å². The Kier molecular flexibility index (Phi) is 4.82. The molecule has 0 aliphatic heterocycles. The normalized spacial score (nSPS) is 11.6. The molecule has 3 rings (SSSR count). The molecule has 0 fully saturated rings. The molecule has 0 bridgehead atoms. The minimum atomic E-state index is -0.795. The summed E-state index contributed by atoms with van der Waals surface area (Å²) in [6.07, 6.45) is 0. The van der Waals surface area contributed by atoms with Crippen molar-refractivity contribution in [3.8, 4) is 11.5 Å². The van der Waals surface area contributed by atoms with Gasteiger partial charge in [-0.15, -0.1) is 0 Å². The number of hydrogen-bond acceptors (Lipinski definition) is 7. The van der Waals surface area contributed by atoms with E-state index in [9.17, 15) is 25.1 Å². The van der Waals surface area contributed by atoms with Gasteiger partial charge in [0.2, 0.25) is 0 Å². The number of carbonyl (C=O) groups excluding carboxylic acids is 1. The lowest BCUT2D eigenvalue weighted by Gasteiger charge is -2.05. The second-order valence-corrected chi connectivity index (χ2v) is 6.46. The lowest BCUT2D eigenvalue weighted by Crippen LogP contribution is -2.18. The molecule has 3 N–H and O–H groups in total. The zero-order valence-corrected chi connectivity index (χ0v) is 15.3. The van der Waals surface area contributed by atoms with Crippen LogP contribution in [0.2, 0.25) is 0 Å². The molecule has 0 saturated heterocycles. The summed E-state index contributed by atoms with van der Waals surface area (Å²) in [6.45, 7) is 1.44. The van der Waals surface area contributed by atoms with Gasteiger partial charge < -0.3 is 14.6 Å². The molecule has 0 aliphatic rings. The van der Waals surface area contributed by atoms with E-state index in [2.05, 4.69) is 26.5 Å². The number of nitrogens with zero attached hydrogens (tertiary/aromatic N) is 2. The number of furan rings is 1. The van der Waals surface area contributed by atoms with Crippen LogP contribution in [0.15, 0.2) is 50.4 Å². The van der Waals surface area contributed by atoms with Crippen molar-refractivity contribution in [3.05, 3.63) is 62.3 Å². The first kappa shape index (κ1) is 18.4. The number of hydrazone groups is 1. The minimum Gasteiger partial charge on any atom is -0.507 e. The van der Waals surface area contributed by atoms with Gasteiger partial charge >= 0.3 is 11.6 Å². The maximum absolute atomic E-state index is 12.2. The fraction of sp³-hybridized carbons (Fsp3) is 0.0588. The van der Waals surface area contributed by atoms with Crippen molar-refractivity contribution in [2.24, 2.45) is 5.10 Å². The summed E-state index contributed by atoms with van der Waals surface area (Å²) in [7, 11) is 0. The molecule has 1 aromatic heterocycles. The molecule has 0 saturated carbocycles. The van der Waals surface area contributed by atoms with Gasteiger partial charge in [0.15, 0.2) is 11.5 Å². The Bertz CT molecular complexity index is 1110. The summed E-state index contributed by atoms with van der Waals surface area (Å²) in [5, 5.41) is 34.8. The Labute approximate surface area is 160 Å². The van der Waals surface area contributed by atoms with E-state index in [1.807, 2.05) is 0 Å². The fourth-order valence-corrected chi connectivity index (χ4v) is 2.76. The van der Waals surface area contributed by atoms with E-state index < -0.39 is 28.0 Å². The van der Waals surface area contributed by atoms with Crippen molar-refractivity contribution in [1.29, 1.82) is 0 Å². The van der Waals surface area contributed by atoms with Crippen LogP contribution in [-0.4, -0.2) is 26.8 Å². The average Bonchev–Trinajstić information content (AvgIpc) is 3.02. The summed E-state index contributed by atoms with van der Waals surface area (Å²) in [4.78, 5) is 22.3. The van der Waals surface area contributed by atoms with E-state index in [-0.39, 0.29) is 17.0 Å². The van der Waals surface area contributed by atoms with Crippen LogP contribution in [0.5, 0.6) is 11.5 Å². The summed E-state index contributed by atoms with van der Waals surface area (Å²) in [5.41, 5.74) is 2.29. The highest BCUT2D eigenvalue weighted by molar-refractivity contribution is 9.10. The van der Waals surface area contributed by atoms with E-state index in [4.69, 9.17) is 4.42 Å². The number of hydrogen-bond donors (Lipinski definition) is 3. The summed E-state index contributed by atoms with van der Waals surface area (Å²) < 4.78 is 6.27. The Hall–Kier alpha value is -3.40. The first-order valence-corrected chi connectivity index (χ1v) is 8.30. The minimum absolute atomic E-state index is 0.00617. The van der Waals surface area contributed by atoms with E-state index in [1.165, 1.54) is 6.92 Å². The Morgan fingerprint density at radius 2 is 1.96 bits per heavy atom. The quantitative estimate of drug-likeness (QED) is 0.325. The van der Waals surface area contributed by atoms with Crippen LogP contribution in [0.3, 0.4) is 0 Å². The molecular weight excluding hydrogens is 422 g/mol. The first-order chi connectivity index (χ1) is 12.8. The van der Waals surface area contributed by atoms with Crippen molar-refractivity contribution in [3.63, 3.8) is 0 Å². The third-order valence-corrected chi connectivity index (χ3v) is 4.20. The van der Waals surface area contributed by atoms with Crippen LogP contribution >= 0.6 is 15.9 Å². The smallest absolute Gasteiger partial charge is 0.311 e. The number of rotatable bonds is 4. The predicted molar refractivity (Wildman–Crippen MR) is 100 cm³/mol. The number of amides is 1. The number of nitro benzene ring substituents is 1. The topological polar surface area (TPSA) is 138 Å². The molecule has 9 nitrogen and oxygen atoms in total. The largest absolute Gasteiger partial charge is 0.507 e. The molecule has 2 aromatic carbocycles. The van der Waals surface area contributed by atoms with Crippen molar-refractivity contribution in [2.75, 3.05) is 0 Å². The van der Waals surface area contributed by atoms with E-state index in [0.29, 0.717) is 5.58 Å². The number of nitro groups is 1. The highest BCUT2D eigenvalue weighted by Crippen LogP contribution is 2.33. The number of fused-ring (bicyclic) bond motifs is 1. The Morgan fingerprint density at radius 3 is 2.67 bits per heavy atom. The van der Waals surface area contributed by atoms with Gasteiger partial charge in [0.1, 0.15) is 11.3 Å². The molecule has 0 unspecified atom stereocenters. The van der Waals surface area contributed by atoms with Gasteiger partial charge in [-0.2, -0.15) is 5.10 Å². The Morgan fingerprint density at radius 1 is 1.22 bits per heavy atom. The first-order valence-electron chi connectivity index (χ1n) is 7.50. The third-order valence-electron chi connectivity index (χ3n) is 3.71. The fourth-order valence-electron chi connectivity index (χ4n) is 2.38. The predicted octanol–water partition coefficient (Wildman–Crippen LogP) is 3.67. The van der Waals surface area contributed by atoms with Crippen LogP contribution in [0.4, 0.5) is 5.69 Å². The number of benzene rings is 2. The number of nitrogens with one attached hydrogen (secondary N) is 1. The van der Waals surface area contributed by atoms with E-state index in [0.717, 1.165) is 22.0 Å². The van der Waals surface area contributed by atoms with Crippen LogP contribution in [0.25, 0.3) is 11.0 Å². The molecule has 0 atom stereocenters. The monoisotopic (exact) mass is 433 g/mol. The lowest BCUT2D eigenvalue weighted by atomic mass is 10.1. The summed E-state index contributed by atoms with van der Waals surface area (Å²) in [5.74, 6) is -1.69. The lowest BCUT2D eigenvalue weighted by molar-refractivity contribution is -0.385. The molecule has 27 heavy (non-hydrogen) atoms. The molecule has 1 heterocycles. The number of carbonyl (C=O) groups is 1. The van der Waals surface area contributed by atoms with Gasteiger partial charge in [-0.25, -0.2) is 5.43 Å². The molecule has 10 heteroatoms. The van der Waals surface area contributed by atoms with E-state index in [1.54, 1.807) is 24.3 Å². The van der Waals surface area contributed by atoms with Crippen molar-refractivity contribution >= 4 is 44.2 Å². The molecule has 0 spiro atoms. The molecular formula is C17H12BrN3O6. The molecule has 3 aromatic rings. The van der Waals surface area contributed by atoms with Crippen LogP contribution in [-0.2, 0) is 0 Å². The van der Waals surface area contributed by atoms with Gasteiger partial charge in [0, 0.05) is 27.6 Å². The second-order valence-electron chi connectivity index (χ2n) is 5.55. The third kappa shape index (κ3) is 3.75. The molecule has 0 aliphatic carbocycles. The number of phenolic OH excluding ortho intramolecular Hbond substituents is 2. The zero-order valence-electron chi connectivity index (χ0n) is 13.8. The average molecular weight is 434 g/mol.